The normalized spacial score (nSPS) is 13.8. The third-order valence-electron chi connectivity index (χ3n) is 5.34. The SMILES string of the molecule is COC(=O)c1ccc(CN2C(=O)N/C(=C\c3cccc([N+](=O)[O-])c3OCC(=O)Nc3ccccc3F)C2=O)o1. The summed E-state index contributed by atoms with van der Waals surface area (Å²) in [5.74, 6) is -3.34. The first-order valence-corrected chi connectivity index (χ1v) is 11.1. The van der Waals surface area contributed by atoms with E-state index in [2.05, 4.69) is 15.4 Å². The van der Waals surface area contributed by atoms with Gasteiger partial charge in [-0.05, 0) is 30.3 Å². The summed E-state index contributed by atoms with van der Waals surface area (Å²) in [5.41, 5.74) is -0.839. The van der Waals surface area contributed by atoms with Crippen molar-refractivity contribution in [2.24, 2.45) is 0 Å². The second-order valence-corrected chi connectivity index (χ2v) is 7.91. The highest BCUT2D eigenvalue weighted by Gasteiger charge is 2.35. The molecule has 1 aliphatic rings. The van der Waals surface area contributed by atoms with Crippen LogP contribution < -0.4 is 15.4 Å². The molecule has 1 aliphatic heterocycles. The van der Waals surface area contributed by atoms with Gasteiger partial charge >= 0.3 is 17.7 Å². The fraction of sp³-hybridized carbons (Fsp3) is 0.120. The smallest absolute Gasteiger partial charge is 0.373 e. The molecule has 0 saturated carbocycles. The number of carbonyl (C=O) groups excluding carboxylic acids is 4. The topological polar surface area (TPSA) is 170 Å². The molecule has 2 heterocycles. The van der Waals surface area contributed by atoms with Crippen molar-refractivity contribution in [1.82, 2.24) is 10.2 Å². The first kappa shape index (κ1) is 26.5. The standard InChI is InChI=1S/C25H19FN4O9/c1-37-24(33)20-10-9-15(39-20)12-29-23(32)18(28-25(29)34)11-14-5-4-8-19(30(35)36)22(14)38-13-21(31)27-17-7-3-2-6-16(17)26/h2-11H,12-13H2,1H3,(H,27,31)(H,28,34)/b18-11-. The van der Waals surface area contributed by atoms with E-state index in [-0.39, 0.29) is 40.8 Å². The highest BCUT2D eigenvalue weighted by atomic mass is 19.1. The molecule has 4 rings (SSSR count). The van der Waals surface area contributed by atoms with Gasteiger partial charge in [-0.3, -0.25) is 24.6 Å². The second-order valence-electron chi connectivity index (χ2n) is 7.91. The quantitative estimate of drug-likeness (QED) is 0.136. The lowest BCUT2D eigenvalue weighted by Crippen LogP contribution is -2.30. The minimum Gasteiger partial charge on any atom is -0.476 e. The van der Waals surface area contributed by atoms with Gasteiger partial charge in [0.15, 0.2) is 6.61 Å². The predicted octanol–water partition coefficient (Wildman–Crippen LogP) is 3.22. The minimum atomic E-state index is -0.806. The molecule has 1 fully saturated rings. The van der Waals surface area contributed by atoms with Gasteiger partial charge < -0.3 is 24.5 Å². The third-order valence-corrected chi connectivity index (χ3v) is 5.34. The molecule has 39 heavy (non-hydrogen) atoms. The number of amides is 4. The predicted molar refractivity (Wildman–Crippen MR) is 131 cm³/mol. The number of nitrogens with one attached hydrogen (secondary N) is 2. The average molecular weight is 538 g/mol. The van der Waals surface area contributed by atoms with Crippen LogP contribution in [0.1, 0.15) is 21.9 Å². The summed E-state index contributed by atoms with van der Waals surface area (Å²) in [6.45, 7) is -1.03. The maximum atomic E-state index is 13.8. The van der Waals surface area contributed by atoms with Crippen molar-refractivity contribution in [3.05, 3.63) is 93.3 Å². The highest BCUT2D eigenvalue weighted by molar-refractivity contribution is 6.14. The molecule has 4 amide bonds. The number of hydrogen-bond donors (Lipinski definition) is 2. The number of para-hydroxylation sites is 2. The molecule has 3 aromatic rings. The van der Waals surface area contributed by atoms with E-state index >= 15 is 0 Å². The summed E-state index contributed by atoms with van der Waals surface area (Å²) in [5, 5.41) is 16.3. The molecule has 0 unspecified atom stereocenters. The number of urea groups is 1. The van der Waals surface area contributed by atoms with Gasteiger partial charge in [0.25, 0.3) is 11.8 Å². The van der Waals surface area contributed by atoms with Crippen molar-refractivity contribution in [1.29, 1.82) is 0 Å². The van der Waals surface area contributed by atoms with Gasteiger partial charge in [0, 0.05) is 11.6 Å². The lowest BCUT2D eigenvalue weighted by molar-refractivity contribution is -0.385. The Hall–Kier alpha value is -5.53. The molecule has 1 saturated heterocycles. The number of hydrogen-bond acceptors (Lipinski definition) is 9. The van der Waals surface area contributed by atoms with Crippen LogP contribution in [0.5, 0.6) is 5.75 Å². The van der Waals surface area contributed by atoms with E-state index in [4.69, 9.17) is 9.15 Å². The van der Waals surface area contributed by atoms with Crippen LogP contribution in [0.2, 0.25) is 0 Å². The lowest BCUT2D eigenvalue weighted by Gasteiger charge is -2.11. The molecule has 2 aromatic carbocycles. The Bertz CT molecular complexity index is 1510. The van der Waals surface area contributed by atoms with Gasteiger partial charge in [-0.25, -0.2) is 14.0 Å². The van der Waals surface area contributed by atoms with E-state index in [1.165, 1.54) is 49.6 Å². The van der Waals surface area contributed by atoms with Crippen molar-refractivity contribution in [2.45, 2.75) is 6.54 Å². The fourth-order valence-electron chi connectivity index (χ4n) is 3.54. The van der Waals surface area contributed by atoms with Crippen molar-refractivity contribution >= 4 is 41.3 Å². The van der Waals surface area contributed by atoms with Gasteiger partial charge in [0.2, 0.25) is 11.5 Å². The largest absolute Gasteiger partial charge is 0.476 e. The average Bonchev–Trinajstić information content (AvgIpc) is 3.49. The molecule has 13 nitrogen and oxygen atoms in total. The van der Waals surface area contributed by atoms with Crippen LogP contribution in [-0.2, 0) is 20.9 Å². The number of imide groups is 1. The first-order valence-electron chi connectivity index (χ1n) is 11.1. The number of methoxy groups -OCH3 is 1. The molecular weight excluding hydrogens is 519 g/mol. The molecule has 0 radical (unpaired) electrons. The van der Waals surface area contributed by atoms with Crippen molar-refractivity contribution in [2.75, 3.05) is 19.0 Å². The van der Waals surface area contributed by atoms with E-state index in [1.54, 1.807) is 0 Å². The number of furan rings is 1. The molecule has 14 heteroatoms. The molecule has 200 valence electrons. The fourth-order valence-corrected chi connectivity index (χ4v) is 3.54. The molecule has 0 atom stereocenters. The van der Waals surface area contributed by atoms with E-state index < -0.39 is 46.8 Å². The van der Waals surface area contributed by atoms with E-state index in [0.717, 1.165) is 23.1 Å². The Morgan fingerprint density at radius 1 is 1.15 bits per heavy atom. The maximum absolute atomic E-state index is 13.8. The summed E-state index contributed by atoms with van der Waals surface area (Å²) in [4.78, 5) is 60.9. The van der Waals surface area contributed by atoms with Crippen LogP contribution in [0.15, 0.2) is 64.7 Å². The number of halogens is 1. The van der Waals surface area contributed by atoms with E-state index in [0.29, 0.717) is 0 Å². The lowest BCUT2D eigenvalue weighted by atomic mass is 10.1. The Kier molecular flexibility index (Phi) is 7.65. The molecule has 0 bridgehead atoms. The van der Waals surface area contributed by atoms with Gasteiger partial charge in [-0.2, -0.15) is 0 Å². The van der Waals surface area contributed by atoms with Gasteiger partial charge in [0.05, 0.1) is 24.3 Å². The Morgan fingerprint density at radius 2 is 1.92 bits per heavy atom. The number of rotatable bonds is 9. The minimum absolute atomic E-state index is 0.0133. The zero-order chi connectivity index (χ0) is 28.1. The number of nitro benzene ring substituents is 1. The van der Waals surface area contributed by atoms with Crippen LogP contribution in [0, 0.1) is 15.9 Å². The maximum Gasteiger partial charge on any atom is 0.373 e. The summed E-state index contributed by atoms with van der Waals surface area (Å²) < 4.78 is 29.1. The van der Waals surface area contributed by atoms with Crippen LogP contribution >= 0.6 is 0 Å². The second kappa shape index (κ2) is 11.2. The van der Waals surface area contributed by atoms with Crippen LogP contribution in [0.25, 0.3) is 6.08 Å². The molecule has 1 aromatic heterocycles. The number of ether oxygens (including phenoxy) is 2. The van der Waals surface area contributed by atoms with E-state index in [1.807, 2.05) is 0 Å². The number of anilines is 1. The number of carbonyl (C=O) groups is 4. The van der Waals surface area contributed by atoms with Gasteiger partial charge in [-0.1, -0.05) is 24.3 Å². The van der Waals surface area contributed by atoms with Crippen molar-refractivity contribution in [3.63, 3.8) is 0 Å². The molecule has 2 N–H and O–H groups in total. The summed E-state index contributed by atoms with van der Waals surface area (Å²) in [7, 11) is 1.17. The highest BCUT2D eigenvalue weighted by Crippen LogP contribution is 2.33. The first-order chi connectivity index (χ1) is 18.7. The summed E-state index contributed by atoms with van der Waals surface area (Å²) >= 11 is 0. The zero-order valence-corrected chi connectivity index (χ0v) is 20.1. The monoisotopic (exact) mass is 538 g/mol. The summed E-state index contributed by atoms with van der Waals surface area (Å²) in [6, 6.07) is 11.2. The van der Waals surface area contributed by atoms with E-state index in [9.17, 15) is 33.7 Å². The van der Waals surface area contributed by atoms with Crippen LogP contribution in [0.4, 0.5) is 20.6 Å². The number of nitrogens with zero attached hydrogens (tertiary/aromatic N) is 2. The van der Waals surface area contributed by atoms with Crippen LogP contribution in [0.3, 0.4) is 0 Å². The van der Waals surface area contributed by atoms with Gasteiger partial charge in [0.1, 0.15) is 17.3 Å². The number of esters is 1. The number of benzene rings is 2. The van der Waals surface area contributed by atoms with Crippen LogP contribution in [-0.4, -0.2) is 47.4 Å². The van der Waals surface area contributed by atoms with Gasteiger partial charge in [-0.15, -0.1) is 0 Å². The third kappa shape index (κ3) is 5.90. The Labute approximate surface area is 218 Å². The molecule has 0 aliphatic carbocycles. The molecular formula is C25H19FN4O9. The summed E-state index contributed by atoms with van der Waals surface area (Å²) in [6.07, 6.45) is 1.15. The zero-order valence-electron chi connectivity index (χ0n) is 20.1. The number of nitro groups is 1. The Balaban J connectivity index is 1.54. The molecule has 0 spiro atoms. The van der Waals surface area contributed by atoms with Crippen molar-refractivity contribution in [3.8, 4) is 5.75 Å². The van der Waals surface area contributed by atoms with Crippen molar-refractivity contribution < 1.29 is 42.4 Å². The Morgan fingerprint density at radius 3 is 2.64 bits per heavy atom.